The zero-order valence-corrected chi connectivity index (χ0v) is 10.1. The predicted molar refractivity (Wildman–Crippen MR) is 64.3 cm³/mol. The van der Waals surface area contributed by atoms with E-state index in [1.165, 1.54) is 6.07 Å². The molecule has 1 N–H and O–H groups in total. The molecule has 0 unspecified atom stereocenters. The maximum absolute atomic E-state index is 11.6. The molecular formula is C11H17N3O3. The van der Waals surface area contributed by atoms with Crippen LogP contribution in [0.5, 0.6) is 0 Å². The lowest BCUT2D eigenvalue weighted by atomic mass is 10.3. The van der Waals surface area contributed by atoms with Crippen molar-refractivity contribution in [3.63, 3.8) is 0 Å². The van der Waals surface area contributed by atoms with Crippen LogP contribution in [0.3, 0.4) is 0 Å². The zero-order chi connectivity index (χ0) is 12.8. The topological polar surface area (TPSA) is 75.4 Å². The Morgan fingerprint density at radius 3 is 2.82 bits per heavy atom. The molecule has 0 aliphatic rings. The van der Waals surface area contributed by atoms with Gasteiger partial charge in [0.25, 0.3) is 5.56 Å². The van der Waals surface area contributed by atoms with Crippen molar-refractivity contribution in [2.24, 2.45) is 0 Å². The minimum atomic E-state index is -0.939. The maximum Gasteiger partial charge on any atom is 0.305 e. The van der Waals surface area contributed by atoms with Crippen molar-refractivity contribution < 1.29 is 9.90 Å². The van der Waals surface area contributed by atoms with Gasteiger partial charge in [0.2, 0.25) is 0 Å². The first-order valence-corrected chi connectivity index (χ1v) is 5.54. The van der Waals surface area contributed by atoms with E-state index >= 15 is 0 Å². The van der Waals surface area contributed by atoms with Crippen LogP contribution in [0.1, 0.15) is 19.8 Å². The Kier molecular flexibility index (Phi) is 4.68. The van der Waals surface area contributed by atoms with Crippen LogP contribution in [0.25, 0.3) is 0 Å². The number of hydrogen-bond donors (Lipinski definition) is 1. The van der Waals surface area contributed by atoms with E-state index in [0.717, 1.165) is 23.3 Å². The van der Waals surface area contributed by atoms with Crippen molar-refractivity contribution in [3.8, 4) is 0 Å². The van der Waals surface area contributed by atoms with Crippen molar-refractivity contribution >= 4 is 11.7 Å². The van der Waals surface area contributed by atoms with E-state index in [-0.39, 0.29) is 18.5 Å². The summed E-state index contributed by atoms with van der Waals surface area (Å²) in [6, 6.07) is 1.48. The highest BCUT2D eigenvalue weighted by molar-refractivity contribution is 5.66. The van der Waals surface area contributed by atoms with Crippen LogP contribution < -0.4 is 10.5 Å². The maximum atomic E-state index is 11.6. The monoisotopic (exact) mass is 239 g/mol. The van der Waals surface area contributed by atoms with Gasteiger partial charge in [-0.1, -0.05) is 6.92 Å². The second-order valence-corrected chi connectivity index (χ2v) is 3.84. The Labute approximate surface area is 99.5 Å². The van der Waals surface area contributed by atoms with E-state index in [4.69, 9.17) is 5.11 Å². The lowest BCUT2D eigenvalue weighted by molar-refractivity contribution is -0.137. The van der Waals surface area contributed by atoms with Gasteiger partial charge in [-0.2, -0.15) is 5.10 Å². The highest BCUT2D eigenvalue weighted by Crippen LogP contribution is 2.07. The van der Waals surface area contributed by atoms with Gasteiger partial charge in [-0.05, 0) is 6.42 Å². The number of carboxylic acids is 1. The fourth-order valence-corrected chi connectivity index (χ4v) is 1.47. The van der Waals surface area contributed by atoms with Gasteiger partial charge in [0.05, 0.1) is 24.8 Å². The van der Waals surface area contributed by atoms with Crippen molar-refractivity contribution in [2.75, 3.05) is 18.5 Å². The van der Waals surface area contributed by atoms with Crippen molar-refractivity contribution in [1.29, 1.82) is 0 Å². The van der Waals surface area contributed by atoms with Crippen molar-refractivity contribution in [2.45, 2.75) is 26.3 Å². The number of nitrogens with zero attached hydrogens (tertiary/aromatic N) is 3. The van der Waals surface area contributed by atoms with Gasteiger partial charge < -0.3 is 10.0 Å². The number of carboxylic acid groups (broad SMARTS) is 1. The number of aliphatic carboxylic acids is 1. The first-order valence-electron chi connectivity index (χ1n) is 5.54. The first kappa shape index (κ1) is 13.2. The SMILES string of the molecule is CCCN(C)c1cnn(CCC(=O)O)c(=O)c1. The highest BCUT2D eigenvalue weighted by atomic mass is 16.4. The smallest absolute Gasteiger partial charge is 0.305 e. The quantitative estimate of drug-likeness (QED) is 0.785. The molecule has 1 rings (SSSR count). The summed E-state index contributed by atoms with van der Waals surface area (Å²) in [7, 11) is 1.89. The Morgan fingerprint density at radius 1 is 1.59 bits per heavy atom. The molecule has 94 valence electrons. The fraction of sp³-hybridized carbons (Fsp3) is 0.545. The number of rotatable bonds is 6. The van der Waals surface area contributed by atoms with E-state index in [0.29, 0.717) is 0 Å². The third-order valence-corrected chi connectivity index (χ3v) is 2.39. The molecule has 0 bridgehead atoms. The summed E-state index contributed by atoms with van der Waals surface area (Å²) in [5.41, 5.74) is 0.482. The van der Waals surface area contributed by atoms with E-state index < -0.39 is 5.97 Å². The number of hydrogen-bond acceptors (Lipinski definition) is 4. The van der Waals surface area contributed by atoms with Gasteiger partial charge in [0, 0.05) is 19.7 Å². The molecule has 17 heavy (non-hydrogen) atoms. The van der Waals surface area contributed by atoms with Gasteiger partial charge >= 0.3 is 5.97 Å². The molecule has 0 amide bonds. The molecule has 1 heterocycles. The third kappa shape index (κ3) is 3.90. The molecule has 0 aromatic carbocycles. The zero-order valence-electron chi connectivity index (χ0n) is 10.1. The summed E-state index contributed by atoms with van der Waals surface area (Å²) in [5.74, 6) is -0.939. The first-order chi connectivity index (χ1) is 8.04. The molecule has 6 heteroatoms. The number of aryl methyl sites for hydroxylation is 1. The average molecular weight is 239 g/mol. The minimum absolute atomic E-state index is 0.100. The second-order valence-electron chi connectivity index (χ2n) is 3.84. The van der Waals surface area contributed by atoms with Crippen molar-refractivity contribution in [1.82, 2.24) is 9.78 Å². The number of carbonyl (C=O) groups is 1. The molecule has 0 saturated carbocycles. The van der Waals surface area contributed by atoms with Crippen LogP contribution in [0.15, 0.2) is 17.1 Å². The molecule has 1 aromatic heterocycles. The Morgan fingerprint density at radius 2 is 2.29 bits per heavy atom. The van der Waals surface area contributed by atoms with E-state index in [2.05, 4.69) is 12.0 Å². The number of anilines is 1. The van der Waals surface area contributed by atoms with Gasteiger partial charge in [-0.25, -0.2) is 4.68 Å². The van der Waals surface area contributed by atoms with Gasteiger partial charge in [-0.15, -0.1) is 0 Å². The molecule has 0 fully saturated rings. The molecule has 0 radical (unpaired) electrons. The Balaban J connectivity index is 2.79. The molecule has 0 aliphatic heterocycles. The standard InChI is InChI=1S/C11H17N3O3/c1-3-5-13(2)9-7-10(15)14(12-8-9)6-4-11(16)17/h7-8H,3-6H2,1-2H3,(H,16,17). The van der Waals surface area contributed by atoms with E-state index in [1.54, 1.807) is 6.20 Å². The molecule has 0 aliphatic carbocycles. The summed E-state index contributed by atoms with van der Waals surface area (Å²) in [5, 5.41) is 12.5. The molecule has 0 saturated heterocycles. The Bertz CT molecular complexity index is 442. The summed E-state index contributed by atoms with van der Waals surface area (Å²) in [6.45, 7) is 3.00. The lowest BCUT2D eigenvalue weighted by Gasteiger charge is -2.17. The van der Waals surface area contributed by atoms with Crippen LogP contribution in [-0.2, 0) is 11.3 Å². The second kappa shape index (κ2) is 6.03. The molecular weight excluding hydrogens is 222 g/mol. The van der Waals surface area contributed by atoms with Crippen LogP contribution in [-0.4, -0.2) is 34.4 Å². The van der Waals surface area contributed by atoms with Gasteiger partial charge in [-0.3, -0.25) is 9.59 Å². The van der Waals surface area contributed by atoms with Crippen LogP contribution in [0.4, 0.5) is 5.69 Å². The summed E-state index contributed by atoms with van der Waals surface area (Å²) in [4.78, 5) is 24.0. The van der Waals surface area contributed by atoms with Crippen LogP contribution in [0, 0.1) is 0 Å². The third-order valence-electron chi connectivity index (χ3n) is 2.39. The molecule has 1 aromatic rings. The molecule has 0 spiro atoms. The summed E-state index contributed by atoms with van der Waals surface area (Å²) >= 11 is 0. The van der Waals surface area contributed by atoms with Crippen LogP contribution in [0.2, 0.25) is 0 Å². The van der Waals surface area contributed by atoms with Gasteiger partial charge in [0.15, 0.2) is 0 Å². The summed E-state index contributed by atoms with van der Waals surface area (Å²) in [6.07, 6.45) is 2.47. The minimum Gasteiger partial charge on any atom is -0.481 e. The lowest BCUT2D eigenvalue weighted by Crippen LogP contribution is -2.26. The van der Waals surface area contributed by atoms with E-state index in [9.17, 15) is 9.59 Å². The van der Waals surface area contributed by atoms with Crippen molar-refractivity contribution in [3.05, 3.63) is 22.6 Å². The largest absolute Gasteiger partial charge is 0.481 e. The fourth-order valence-electron chi connectivity index (χ4n) is 1.47. The Hall–Kier alpha value is -1.85. The normalized spacial score (nSPS) is 10.2. The predicted octanol–water partition coefficient (Wildman–Crippen LogP) is 0.564. The van der Waals surface area contributed by atoms with Crippen LogP contribution >= 0.6 is 0 Å². The van der Waals surface area contributed by atoms with Gasteiger partial charge in [0.1, 0.15) is 0 Å². The number of aromatic nitrogens is 2. The molecule has 0 atom stereocenters. The molecule has 6 nitrogen and oxygen atoms in total. The summed E-state index contributed by atoms with van der Waals surface area (Å²) < 4.78 is 1.16. The van der Waals surface area contributed by atoms with E-state index in [1.807, 2.05) is 11.9 Å². The average Bonchev–Trinajstić information content (AvgIpc) is 2.27. The highest BCUT2D eigenvalue weighted by Gasteiger charge is 2.05.